The molecule has 6 nitrogen and oxygen atoms in total. The van der Waals surface area contributed by atoms with Gasteiger partial charge in [-0.3, -0.25) is 0 Å². The average Bonchev–Trinajstić information content (AvgIpc) is 2.28. The van der Waals surface area contributed by atoms with Crippen LogP contribution in [0, 0.1) is 0 Å². The van der Waals surface area contributed by atoms with Crippen molar-refractivity contribution in [3.63, 3.8) is 0 Å². The summed E-state index contributed by atoms with van der Waals surface area (Å²) in [5.41, 5.74) is 5.65. The zero-order chi connectivity index (χ0) is 12.7. The van der Waals surface area contributed by atoms with Crippen molar-refractivity contribution in [2.45, 2.75) is 25.9 Å². The molecule has 0 aliphatic carbocycles. The minimum absolute atomic E-state index is 0.341. The van der Waals surface area contributed by atoms with Crippen LogP contribution >= 0.6 is 0 Å². The van der Waals surface area contributed by atoms with Crippen LogP contribution in [0.2, 0.25) is 0 Å². The van der Waals surface area contributed by atoms with Gasteiger partial charge in [-0.1, -0.05) is 6.92 Å². The summed E-state index contributed by atoms with van der Waals surface area (Å²) in [4.78, 5) is 8.36. The van der Waals surface area contributed by atoms with Gasteiger partial charge in [0.05, 0.1) is 12.7 Å². The molecule has 0 spiro atoms. The van der Waals surface area contributed by atoms with Crippen LogP contribution in [0.25, 0.3) is 0 Å². The Morgan fingerprint density at radius 2 is 2.29 bits per heavy atom. The van der Waals surface area contributed by atoms with Crippen LogP contribution in [0.15, 0.2) is 6.07 Å². The Balaban J connectivity index is 2.43. The lowest BCUT2D eigenvalue weighted by Crippen LogP contribution is -2.19. The van der Waals surface area contributed by atoms with E-state index in [9.17, 15) is 5.11 Å². The molecule has 1 atom stereocenters. The second-order valence-electron chi connectivity index (χ2n) is 3.77. The minimum Gasteiger partial charge on any atom is -0.391 e. The fraction of sp³-hybridized carbons (Fsp3) is 0.636. The quantitative estimate of drug-likeness (QED) is 0.640. The van der Waals surface area contributed by atoms with E-state index in [0.29, 0.717) is 37.0 Å². The molecule has 0 aliphatic rings. The summed E-state index contributed by atoms with van der Waals surface area (Å²) in [5, 5.41) is 12.6. The largest absolute Gasteiger partial charge is 0.391 e. The Morgan fingerprint density at radius 3 is 2.94 bits per heavy atom. The molecule has 17 heavy (non-hydrogen) atoms. The number of methoxy groups -OCH3 is 1. The van der Waals surface area contributed by atoms with E-state index in [1.807, 2.05) is 6.92 Å². The van der Waals surface area contributed by atoms with Crippen molar-refractivity contribution in [2.24, 2.45) is 0 Å². The molecule has 1 rings (SSSR count). The summed E-state index contributed by atoms with van der Waals surface area (Å²) in [6, 6.07) is 1.68. The molecule has 96 valence electrons. The van der Waals surface area contributed by atoms with Crippen molar-refractivity contribution >= 4 is 11.6 Å². The third-order valence-electron chi connectivity index (χ3n) is 2.25. The molecule has 1 aromatic rings. The van der Waals surface area contributed by atoms with Gasteiger partial charge >= 0.3 is 0 Å². The van der Waals surface area contributed by atoms with E-state index in [1.54, 1.807) is 13.2 Å². The number of anilines is 2. The number of aromatic nitrogens is 2. The van der Waals surface area contributed by atoms with Gasteiger partial charge in [0.2, 0.25) is 0 Å². The van der Waals surface area contributed by atoms with Crippen LogP contribution in [-0.2, 0) is 11.2 Å². The standard InChI is InChI=1S/C11H20N4O2/c1-3-10-14-9(12)6-11(15-10)13-5-4-8(16)7-17-2/h6,8,16H,3-5,7H2,1-2H3,(H3,12,13,14,15). The van der Waals surface area contributed by atoms with E-state index in [1.165, 1.54) is 0 Å². The first kappa shape index (κ1) is 13.7. The number of aliphatic hydroxyl groups is 1. The predicted octanol–water partition coefficient (Wildman–Crippen LogP) is 0.430. The molecular formula is C11H20N4O2. The zero-order valence-corrected chi connectivity index (χ0v) is 10.3. The van der Waals surface area contributed by atoms with E-state index in [-0.39, 0.29) is 0 Å². The number of nitrogens with zero attached hydrogens (tertiary/aromatic N) is 2. The first-order chi connectivity index (χ1) is 8.15. The maximum atomic E-state index is 9.46. The van der Waals surface area contributed by atoms with Crippen LogP contribution in [-0.4, -0.2) is 41.4 Å². The van der Waals surface area contributed by atoms with Crippen LogP contribution in [0.1, 0.15) is 19.2 Å². The van der Waals surface area contributed by atoms with Gasteiger partial charge in [0.25, 0.3) is 0 Å². The van der Waals surface area contributed by atoms with Crippen LogP contribution in [0.4, 0.5) is 11.6 Å². The monoisotopic (exact) mass is 240 g/mol. The van der Waals surface area contributed by atoms with E-state index in [2.05, 4.69) is 15.3 Å². The summed E-state index contributed by atoms with van der Waals surface area (Å²) in [5.74, 6) is 1.86. The molecule has 0 saturated heterocycles. The number of nitrogens with two attached hydrogens (primary N) is 1. The van der Waals surface area contributed by atoms with E-state index in [0.717, 1.165) is 6.42 Å². The fourth-order valence-electron chi connectivity index (χ4n) is 1.41. The van der Waals surface area contributed by atoms with Crippen molar-refractivity contribution < 1.29 is 9.84 Å². The molecule has 0 aromatic carbocycles. The fourth-order valence-corrected chi connectivity index (χ4v) is 1.41. The molecule has 1 unspecified atom stereocenters. The number of rotatable bonds is 7. The minimum atomic E-state index is -0.461. The van der Waals surface area contributed by atoms with Gasteiger partial charge in [0.15, 0.2) is 0 Å². The van der Waals surface area contributed by atoms with Gasteiger partial charge in [-0.2, -0.15) is 0 Å². The van der Waals surface area contributed by atoms with Gasteiger partial charge in [0, 0.05) is 26.1 Å². The third-order valence-corrected chi connectivity index (χ3v) is 2.25. The highest BCUT2D eigenvalue weighted by Crippen LogP contribution is 2.08. The number of aliphatic hydroxyl groups excluding tert-OH is 1. The number of hydrogen-bond acceptors (Lipinski definition) is 6. The second kappa shape index (κ2) is 7.03. The summed E-state index contributed by atoms with van der Waals surface area (Å²) < 4.78 is 4.84. The summed E-state index contributed by atoms with van der Waals surface area (Å²) >= 11 is 0. The summed E-state index contributed by atoms with van der Waals surface area (Å²) in [6.07, 6.45) is 0.878. The number of hydrogen-bond donors (Lipinski definition) is 3. The number of aryl methyl sites for hydroxylation is 1. The Labute approximate surface area is 101 Å². The van der Waals surface area contributed by atoms with Crippen molar-refractivity contribution in [2.75, 3.05) is 31.3 Å². The highest BCUT2D eigenvalue weighted by atomic mass is 16.5. The molecule has 0 radical (unpaired) electrons. The first-order valence-corrected chi connectivity index (χ1v) is 5.70. The van der Waals surface area contributed by atoms with Crippen molar-refractivity contribution in [1.29, 1.82) is 0 Å². The maximum absolute atomic E-state index is 9.46. The topological polar surface area (TPSA) is 93.3 Å². The Morgan fingerprint density at radius 1 is 1.53 bits per heavy atom. The first-order valence-electron chi connectivity index (χ1n) is 5.70. The van der Waals surface area contributed by atoms with E-state index >= 15 is 0 Å². The highest BCUT2D eigenvalue weighted by Gasteiger charge is 2.04. The van der Waals surface area contributed by atoms with Gasteiger partial charge in [-0.25, -0.2) is 9.97 Å². The molecule has 6 heteroatoms. The lowest BCUT2D eigenvalue weighted by atomic mass is 10.2. The maximum Gasteiger partial charge on any atom is 0.132 e. The van der Waals surface area contributed by atoms with Gasteiger partial charge < -0.3 is 20.9 Å². The lowest BCUT2D eigenvalue weighted by Gasteiger charge is -2.11. The second-order valence-corrected chi connectivity index (χ2v) is 3.77. The molecule has 1 aromatic heterocycles. The smallest absolute Gasteiger partial charge is 0.132 e. The summed E-state index contributed by atoms with van der Waals surface area (Å²) in [6.45, 7) is 2.93. The van der Waals surface area contributed by atoms with E-state index in [4.69, 9.17) is 10.5 Å². The van der Waals surface area contributed by atoms with Crippen molar-refractivity contribution in [3.05, 3.63) is 11.9 Å². The van der Waals surface area contributed by atoms with Gasteiger partial charge in [-0.05, 0) is 6.42 Å². The average molecular weight is 240 g/mol. The molecule has 4 N–H and O–H groups in total. The number of nitrogens with one attached hydrogen (secondary N) is 1. The SMILES string of the molecule is CCc1nc(N)cc(NCCC(O)COC)n1. The van der Waals surface area contributed by atoms with Gasteiger partial charge in [-0.15, -0.1) is 0 Å². The van der Waals surface area contributed by atoms with Crippen LogP contribution in [0.3, 0.4) is 0 Å². The van der Waals surface area contributed by atoms with Crippen LogP contribution < -0.4 is 11.1 Å². The highest BCUT2D eigenvalue weighted by molar-refractivity contribution is 5.44. The molecule has 0 aliphatic heterocycles. The van der Waals surface area contributed by atoms with E-state index < -0.39 is 6.10 Å². The predicted molar refractivity (Wildman–Crippen MR) is 66.8 cm³/mol. The zero-order valence-electron chi connectivity index (χ0n) is 10.3. The molecule has 0 bridgehead atoms. The van der Waals surface area contributed by atoms with Crippen LogP contribution in [0.5, 0.6) is 0 Å². The molecule has 0 saturated carbocycles. The lowest BCUT2D eigenvalue weighted by molar-refractivity contribution is 0.0615. The molecule has 1 heterocycles. The van der Waals surface area contributed by atoms with Gasteiger partial charge in [0.1, 0.15) is 17.5 Å². The Hall–Kier alpha value is -1.40. The van der Waals surface area contributed by atoms with Crippen molar-refractivity contribution in [1.82, 2.24) is 9.97 Å². The third kappa shape index (κ3) is 4.97. The Bertz CT molecular complexity index is 346. The normalized spacial score (nSPS) is 12.4. The molecular weight excluding hydrogens is 220 g/mol. The number of nitrogen functional groups attached to an aromatic ring is 1. The Kier molecular flexibility index (Phi) is 5.65. The molecule has 0 fully saturated rings. The summed E-state index contributed by atoms with van der Waals surface area (Å²) in [7, 11) is 1.56. The van der Waals surface area contributed by atoms with Crippen molar-refractivity contribution in [3.8, 4) is 0 Å². The number of ether oxygens (including phenoxy) is 1. The molecule has 0 amide bonds.